The number of Topliss-reactive ketones (excluding diaryl/α,β-unsaturated/α-hetero) is 1. The minimum Gasteiger partial charge on any atom is -0.507 e. The predicted octanol–water partition coefficient (Wildman–Crippen LogP) is 6.49. The minimum atomic E-state index is -0.928. The van der Waals surface area contributed by atoms with E-state index in [1.807, 2.05) is 24.3 Å². The lowest BCUT2D eigenvalue weighted by molar-refractivity contribution is -0.132. The Morgan fingerprint density at radius 2 is 1.74 bits per heavy atom. The summed E-state index contributed by atoms with van der Waals surface area (Å²) >= 11 is 2.56. The average molecular weight is 604 g/mol. The van der Waals surface area contributed by atoms with Gasteiger partial charge in [-0.1, -0.05) is 73.3 Å². The van der Waals surface area contributed by atoms with Crippen LogP contribution >= 0.6 is 23.1 Å². The normalized spacial score (nSPS) is 17.7. The summed E-state index contributed by atoms with van der Waals surface area (Å²) in [7, 11) is 0. The average Bonchev–Trinajstić information content (AvgIpc) is 3.58. The fourth-order valence-electron chi connectivity index (χ4n) is 4.84. The van der Waals surface area contributed by atoms with Crippen LogP contribution in [0.1, 0.15) is 48.1 Å². The smallest absolute Gasteiger partial charge is 0.301 e. The van der Waals surface area contributed by atoms with Gasteiger partial charge >= 0.3 is 5.91 Å². The summed E-state index contributed by atoms with van der Waals surface area (Å²) < 4.78 is 25.1. The topological polar surface area (TPSA) is 102 Å². The van der Waals surface area contributed by atoms with Crippen molar-refractivity contribution in [3.8, 4) is 11.5 Å². The molecular formula is C31H26FN3O5S2. The lowest BCUT2D eigenvalue weighted by Crippen LogP contribution is -2.29. The molecule has 4 aromatic rings. The summed E-state index contributed by atoms with van der Waals surface area (Å²) in [5.74, 6) is -0.460. The lowest BCUT2D eigenvalue weighted by atomic mass is 9.93. The van der Waals surface area contributed by atoms with Crippen LogP contribution in [0.4, 0.5) is 9.52 Å². The minimum absolute atomic E-state index is 0.0512. The number of amides is 1. The van der Waals surface area contributed by atoms with E-state index in [2.05, 4.69) is 24.0 Å². The zero-order valence-corrected chi connectivity index (χ0v) is 24.4. The van der Waals surface area contributed by atoms with Crippen LogP contribution in [0.25, 0.3) is 5.76 Å². The van der Waals surface area contributed by atoms with E-state index in [1.54, 1.807) is 30.3 Å². The molecule has 0 radical (unpaired) electrons. The second kappa shape index (κ2) is 11.6. The third-order valence-electron chi connectivity index (χ3n) is 7.06. The molecular weight excluding hydrogens is 577 g/mol. The SMILES string of the molecule is CC(C)c1ccc([C@@H]2/C(=C(\O)c3ccc4c(c3)OCCO4)C(=O)C(=O)N2c2nnc(SCc3ccc(F)cc3)s2)cc1. The third kappa shape index (κ3) is 5.37. The summed E-state index contributed by atoms with van der Waals surface area (Å²) in [5.41, 5.74) is 2.92. The Morgan fingerprint density at radius 1 is 1.02 bits per heavy atom. The highest BCUT2D eigenvalue weighted by Crippen LogP contribution is 2.45. The van der Waals surface area contributed by atoms with Crippen LogP contribution in [-0.2, 0) is 15.3 Å². The fraction of sp³-hybridized carbons (Fsp3) is 0.226. The zero-order chi connectivity index (χ0) is 29.4. The van der Waals surface area contributed by atoms with E-state index < -0.39 is 17.7 Å². The number of aliphatic hydroxyl groups excluding tert-OH is 1. The number of hydrogen-bond acceptors (Lipinski definition) is 9. The van der Waals surface area contributed by atoms with E-state index in [4.69, 9.17) is 9.47 Å². The molecule has 2 aliphatic rings. The van der Waals surface area contributed by atoms with Gasteiger partial charge in [-0.15, -0.1) is 10.2 Å². The number of benzene rings is 3. The Hall–Kier alpha value is -4.22. The van der Waals surface area contributed by atoms with Gasteiger partial charge in [0.05, 0.1) is 11.6 Å². The van der Waals surface area contributed by atoms with E-state index in [9.17, 15) is 19.1 Å². The van der Waals surface area contributed by atoms with Gasteiger partial charge in [0.15, 0.2) is 15.8 Å². The highest BCUT2D eigenvalue weighted by Gasteiger charge is 2.48. The number of aromatic nitrogens is 2. The van der Waals surface area contributed by atoms with Gasteiger partial charge in [-0.3, -0.25) is 14.5 Å². The summed E-state index contributed by atoms with van der Waals surface area (Å²) in [6.07, 6.45) is 0. The Balaban J connectivity index is 1.39. The van der Waals surface area contributed by atoms with Gasteiger partial charge in [0, 0.05) is 11.3 Å². The third-order valence-corrected chi connectivity index (χ3v) is 9.18. The van der Waals surface area contributed by atoms with Gasteiger partial charge in [0.2, 0.25) is 5.13 Å². The molecule has 3 aromatic carbocycles. The molecule has 11 heteroatoms. The highest BCUT2D eigenvalue weighted by molar-refractivity contribution is 8.00. The Labute approximate surface area is 249 Å². The summed E-state index contributed by atoms with van der Waals surface area (Å²) in [4.78, 5) is 28.4. The van der Waals surface area contributed by atoms with Gasteiger partial charge in [-0.25, -0.2) is 4.39 Å². The van der Waals surface area contributed by atoms with E-state index in [-0.39, 0.29) is 28.2 Å². The van der Waals surface area contributed by atoms with Gasteiger partial charge in [-0.2, -0.15) is 0 Å². The largest absolute Gasteiger partial charge is 0.507 e. The summed E-state index contributed by atoms with van der Waals surface area (Å²) in [6.45, 7) is 4.94. The van der Waals surface area contributed by atoms with E-state index in [0.29, 0.717) is 45.9 Å². The molecule has 0 saturated carbocycles. The van der Waals surface area contributed by atoms with Crippen LogP contribution in [-0.4, -0.2) is 40.2 Å². The number of fused-ring (bicyclic) bond motifs is 1. The summed E-state index contributed by atoms with van der Waals surface area (Å²) in [6, 6.07) is 17.8. The fourth-order valence-corrected chi connectivity index (χ4v) is 6.66. The number of halogens is 1. The molecule has 214 valence electrons. The van der Waals surface area contributed by atoms with Crippen molar-refractivity contribution in [1.29, 1.82) is 0 Å². The zero-order valence-electron chi connectivity index (χ0n) is 22.7. The van der Waals surface area contributed by atoms with Crippen molar-refractivity contribution in [2.24, 2.45) is 0 Å². The van der Waals surface area contributed by atoms with E-state index in [1.165, 1.54) is 40.1 Å². The van der Waals surface area contributed by atoms with Crippen LogP contribution in [0.5, 0.6) is 11.5 Å². The van der Waals surface area contributed by atoms with Crippen molar-refractivity contribution in [3.05, 3.63) is 100 Å². The molecule has 0 bridgehead atoms. The van der Waals surface area contributed by atoms with Crippen molar-refractivity contribution in [2.75, 3.05) is 18.1 Å². The number of carbonyl (C=O) groups excluding carboxylic acids is 2. The van der Waals surface area contributed by atoms with Crippen LogP contribution in [0.15, 0.2) is 76.6 Å². The number of hydrogen-bond donors (Lipinski definition) is 1. The molecule has 6 rings (SSSR count). The molecule has 1 aromatic heterocycles. The van der Waals surface area contributed by atoms with Crippen molar-refractivity contribution in [1.82, 2.24) is 10.2 Å². The van der Waals surface area contributed by atoms with Crippen molar-refractivity contribution >= 4 is 45.7 Å². The van der Waals surface area contributed by atoms with Gasteiger partial charge in [-0.05, 0) is 52.9 Å². The standard InChI is InChI=1S/C31H26FN3O5S2/c1-17(2)19-5-7-20(8-6-19)26-25(27(36)21-9-12-23-24(15-21)40-14-13-39-23)28(37)29(38)35(26)30-33-34-31(42-30)41-16-18-3-10-22(32)11-4-18/h3-12,15,17,26,36H,13-14,16H2,1-2H3/b27-25+/t26-/m1/s1. The van der Waals surface area contributed by atoms with Crippen molar-refractivity contribution in [2.45, 2.75) is 35.9 Å². The van der Waals surface area contributed by atoms with Gasteiger partial charge in [0.25, 0.3) is 5.78 Å². The van der Waals surface area contributed by atoms with Crippen LogP contribution in [0, 0.1) is 5.82 Å². The van der Waals surface area contributed by atoms with Crippen LogP contribution < -0.4 is 14.4 Å². The molecule has 8 nitrogen and oxygen atoms in total. The van der Waals surface area contributed by atoms with Gasteiger partial charge < -0.3 is 14.6 Å². The van der Waals surface area contributed by atoms with Crippen molar-refractivity contribution < 1.29 is 28.6 Å². The maximum Gasteiger partial charge on any atom is 0.301 e. The maximum absolute atomic E-state index is 13.6. The van der Waals surface area contributed by atoms with Gasteiger partial charge in [0.1, 0.15) is 24.8 Å². The number of aliphatic hydroxyl groups is 1. The first kappa shape index (κ1) is 27.9. The molecule has 1 N–H and O–H groups in total. The monoisotopic (exact) mass is 603 g/mol. The molecule has 1 atom stereocenters. The lowest BCUT2D eigenvalue weighted by Gasteiger charge is -2.23. The predicted molar refractivity (Wildman–Crippen MR) is 159 cm³/mol. The Morgan fingerprint density at radius 3 is 2.45 bits per heavy atom. The first-order valence-electron chi connectivity index (χ1n) is 13.3. The van der Waals surface area contributed by atoms with Crippen LogP contribution in [0.3, 0.4) is 0 Å². The Kier molecular flexibility index (Phi) is 7.70. The molecule has 0 unspecified atom stereocenters. The molecule has 1 amide bonds. The molecule has 0 aliphatic carbocycles. The maximum atomic E-state index is 13.6. The number of carbonyl (C=O) groups is 2. The number of thioether (sulfide) groups is 1. The quantitative estimate of drug-likeness (QED) is 0.0841. The number of ether oxygens (including phenoxy) is 2. The molecule has 2 aliphatic heterocycles. The second-order valence-corrected chi connectivity index (χ2v) is 12.3. The van der Waals surface area contributed by atoms with E-state index >= 15 is 0 Å². The first-order chi connectivity index (χ1) is 20.3. The second-order valence-electron chi connectivity index (χ2n) is 10.1. The molecule has 3 heterocycles. The Bertz CT molecular complexity index is 1690. The first-order valence-corrected chi connectivity index (χ1v) is 15.1. The number of ketones is 1. The number of nitrogens with zero attached hydrogens (tertiary/aromatic N) is 3. The van der Waals surface area contributed by atoms with Crippen LogP contribution in [0.2, 0.25) is 0 Å². The highest BCUT2D eigenvalue weighted by atomic mass is 32.2. The van der Waals surface area contributed by atoms with Crippen molar-refractivity contribution in [3.63, 3.8) is 0 Å². The molecule has 1 saturated heterocycles. The molecule has 42 heavy (non-hydrogen) atoms. The number of anilines is 1. The summed E-state index contributed by atoms with van der Waals surface area (Å²) in [5, 5.41) is 20.2. The van der Waals surface area contributed by atoms with E-state index in [0.717, 1.165) is 11.1 Å². The molecule has 1 fully saturated rings. The number of rotatable bonds is 7. The molecule has 0 spiro atoms.